The Morgan fingerprint density at radius 2 is 2.50 bits per heavy atom. The minimum atomic E-state index is -0.0677. The van der Waals surface area contributed by atoms with Crippen LogP contribution in [0.25, 0.3) is 0 Å². The number of aromatic nitrogens is 4. The SMILES string of the molecule is NC(c1cncn1Cc1ncon1)C1CCOC1. The van der Waals surface area contributed by atoms with Gasteiger partial charge in [-0.25, -0.2) is 4.98 Å². The zero-order valence-corrected chi connectivity index (χ0v) is 9.90. The molecule has 2 aromatic rings. The van der Waals surface area contributed by atoms with E-state index in [9.17, 15) is 0 Å². The molecule has 18 heavy (non-hydrogen) atoms. The van der Waals surface area contributed by atoms with Gasteiger partial charge in [-0.2, -0.15) is 4.98 Å². The van der Waals surface area contributed by atoms with Crippen LogP contribution < -0.4 is 5.73 Å². The Bertz CT molecular complexity index is 489. The lowest BCUT2D eigenvalue weighted by Crippen LogP contribution is -2.24. The second-order valence-electron chi connectivity index (χ2n) is 4.44. The molecule has 7 heteroatoms. The number of hydrogen-bond donors (Lipinski definition) is 1. The predicted molar refractivity (Wildman–Crippen MR) is 61.5 cm³/mol. The van der Waals surface area contributed by atoms with Crippen molar-refractivity contribution in [3.63, 3.8) is 0 Å². The van der Waals surface area contributed by atoms with E-state index in [0.717, 1.165) is 18.7 Å². The van der Waals surface area contributed by atoms with Gasteiger partial charge in [0.25, 0.3) is 0 Å². The van der Waals surface area contributed by atoms with Gasteiger partial charge in [0.05, 0.1) is 31.2 Å². The van der Waals surface area contributed by atoms with Crippen LogP contribution in [0.2, 0.25) is 0 Å². The number of hydrogen-bond acceptors (Lipinski definition) is 6. The molecule has 0 amide bonds. The van der Waals surface area contributed by atoms with Crippen molar-refractivity contribution in [1.82, 2.24) is 19.7 Å². The number of nitrogens with zero attached hydrogens (tertiary/aromatic N) is 4. The lowest BCUT2D eigenvalue weighted by molar-refractivity contribution is 0.180. The summed E-state index contributed by atoms with van der Waals surface area (Å²) >= 11 is 0. The minimum Gasteiger partial charge on any atom is -0.381 e. The van der Waals surface area contributed by atoms with Crippen molar-refractivity contribution < 1.29 is 9.26 Å². The van der Waals surface area contributed by atoms with Crippen molar-refractivity contribution in [2.24, 2.45) is 11.7 Å². The Labute approximate surface area is 104 Å². The molecule has 3 heterocycles. The van der Waals surface area contributed by atoms with Gasteiger partial charge in [-0.1, -0.05) is 5.16 Å². The number of ether oxygens (including phenoxy) is 1. The largest absolute Gasteiger partial charge is 0.381 e. The maximum absolute atomic E-state index is 6.27. The molecule has 1 aliphatic heterocycles. The Hall–Kier alpha value is -1.73. The van der Waals surface area contributed by atoms with Crippen LogP contribution >= 0.6 is 0 Å². The normalized spacial score (nSPS) is 21.3. The van der Waals surface area contributed by atoms with Gasteiger partial charge in [0.1, 0.15) is 0 Å². The molecular weight excluding hydrogens is 234 g/mol. The number of rotatable bonds is 4. The van der Waals surface area contributed by atoms with Gasteiger partial charge in [-0.15, -0.1) is 0 Å². The Kier molecular flexibility index (Phi) is 3.07. The van der Waals surface area contributed by atoms with Crippen molar-refractivity contribution in [2.75, 3.05) is 13.2 Å². The van der Waals surface area contributed by atoms with Gasteiger partial charge in [-0.3, -0.25) is 0 Å². The summed E-state index contributed by atoms with van der Waals surface area (Å²) in [6.07, 6.45) is 5.84. The standard InChI is InChI=1S/C11H15N5O2/c12-11(8-1-2-17-5-8)9-3-13-6-16(9)4-10-14-7-18-15-10/h3,6-8,11H,1-2,4-5,12H2. The van der Waals surface area contributed by atoms with Crippen LogP contribution in [-0.4, -0.2) is 32.9 Å². The molecule has 1 fully saturated rings. The minimum absolute atomic E-state index is 0.0677. The molecule has 2 atom stereocenters. The van der Waals surface area contributed by atoms with E-state index < -0.39 is 0 Å². The van der Waals surface area contributed by atoms with E-state index in [1.165, 1.54) is 6.39 Å². The first kappa shape index (κ1) is 11.4. The van der Waals surface area contributed by atoms with Gasteiger partial charge in [0.2, 0.25) is 6.39 Å². The Balaban J connectivity index is 1.78. The van der Waals surface area contributed by atoms with Gasteiger partial charge in [0, 0.05) is 18.7 Å². The summed E-state index contributed by atoms with van der Waals surface area (Å²) in [5.41, 5.74) is 7.25. The zero-order valence-electron chi connectivity index (χ0n) is 9.90. The van der Waals surface area contributed by atoms with Crippen LogP contribution in [0.1, 0.15) is 24.0 Å². The highest BCUT2D eigenvalue weighted by molar-refractivity contribution is 5.08. The van der Waals surface area contributed by atoms with Crippen molar-refractivity contribution in [3.05, 3.63) is 30.4 Å². The maximum Gasteiger partial charge on any atom is 0.213 e. The van der Waals surface area contributed by atoms with E-state index >= 15 is 0 Å². The van der Waals surface area contributed by atoms with Gasteiger partial charge in [-0.05, 0) is 6.42 Å². The summed E-state index contributed by atoms with van der Waals surface area (Å²) < 4.78 is 12.0. The van der Waals surface area contributed by atoms with Crippen molar-refractivity contribution in [3.8, 4) is 0 Å². The fourth-order valence-corrected chi connectivity index (χ4v) is 2.23. The molecule has 96 valence electrons. The average Bonchev–Trinajstić information content (AvgIpc) is 3.12. The second-order valence-corrected chi connectivity index (χ2v) is 4.44. The van der Waals surface area contributed by atoms with Crippen LogP contribution in [-0.2, 0) is 11.3 Å². The van der Waals surface area contributed by atoms with E-state index in [2.05, 4.69) is 15.1 Å². The maximum atomic E-state index is 6.27. The third-order valence-electron chi connectivity index (χ3n) is 3.28. The lowest BCUT2D eigenvalue weighted by Gasteiger charge is -2.18. The van der Waals surface area contributed by atoms with E-state index in [4.69, 9.17) is 15.0 Å². The summed E-state index contributed by atoms with van der Waals surface area (Å²) in [5.74, 6) is 0.967. The van der Waals surface area contributed by atoms with E-state index in [1.54, 1.807) is 12.5 Å². The summed E-state index contributed by atoms with van der Waals surface area (Å²) in [6, 6.07) is -0.0677. The zero-order chi connectivity index (χ0) is 12.4. The highest BCUT2D eigenvalue weighted by atomic mass is 16.5. The summed E-state index contributed by atoms with van der Waals surface area (Å²) in [5, 5.41) is 3.79. The van der Waals surface area contributed by atoms with Gasteiger partial charge < -0.3 is 19.6 Å². The Morgan fingerprint density at radius 3 is 3.22 bits per heavy atom. The number of imidazole rings is 1. The average molecular weight is 249 g/mol. The predicted octanol–water partition coefficient (Wildman–Crippen LogP) is 0.351. The molecule has 0 bridgehead atoms. The fraction of sp³-hybridized carbons (Fsp3) is 0.545. The molecule has 2 N–H and O–H groups in total. The first-order valence-electron chi connectivity index (χ1n) is 5.93. The topological polar surface area (TPSA) is 92.0 Å². The van der Waals surface area contributed by atoms with Crippen LogP contribution in [0.15, 0.2) is 23.4 Å². The molecule has 0 saturated carbocycles. The molecule has 1 saturated heterocycles. The Morgan fingerprint density at radius 1 is 1.56 bits per heavy atom. The van der Waals surface area contributed by atoms with Crippen molar-refractivity contribution in [2.45, 2.75) is 19.0 Å². The van der Waals surface area contributed by atoms with Crippen LogP contribution in [0.5, 0.6) is 0 Å². The molecule has 2 unspecified atom stereocenters. The number of nitrogens with two attached hydrogens (primary N) is 1. The first-order chi connectivity index (χ1) is 8.84. The monoisotopic (exact) mass is 249 g/mol. The van der Waals surface area contributed by atoms with Gasteiger partial charge >= 0.3 is 0 Å². The van der Waals surface area contributed by atoms with Crippen molar-refractivity contribution in [1.29, 1.82) is 0 Å². The fourth-order valence-electron chi connectivity index (χ4n) is 2.23. The third-order valence-corrected chi connectivity index (χ3v) is 3.28. The summed E-state index contributed by atoms with van der Waals surface area (Å²) in [7, 11) is 0. The highest BCUT2D eigenvalue weighted by Crippen LogP contribution is 2.26. The molecule has 7 nitrogen and oxygen atoms in total. The first-order valence-corrected chi connectivity index (χ1v) is 5.93. The summed E-state index contributed by atoms with van der Waals surface area (Å²) in [6.45, 7) is 2.03. The molecule has 1 aliphatic rings. The van der Waals surface area contributed by atoms with E-state index in [0.29, 0.717) is 24.9 Å². The van der Waals surface area contributed by atoms with E-state index in [1.807, 2.05) is 4.57 Å². The second kappa shape index (κ2) is 4.87. The molecule has 0 aliphatic carbocycles. The quantitative estimate of drug-likeness (QED) is 0.840. The van der Waals surface area contributed by atoms with Crippen molar-refractivity contribution >= 4 is 0 Å². The van der Waals surface area contributed by atoms with Crippen LogP contribution in [0.3, 0.4) is 0 Å². The highest BCUT2D eigenvalue weighted by Gasteiger charge is 2.26. The molecule has 0 spiro atoms. The summed E-state index contributed by atoms with van der Waals surface area (Å²) in [4.78, 5) is 8.15. The molecule has 3 rings (SSSR count). The molecule has 0 aromatic carbocycles. The molecule has 0 radical (unpaired) electrons. The van der Waals surface area contributed by atoms with Crippen LogP contribution in [0.4, 0.5) is 0 Å². The van der Waals surface area contributed by atoms with Gasteiger partial charge in [0.15, 0.2) is 5.82 Å². The van der Waals surface area contributed by atoms with Crippen LogP contribution in [0, 0.1) is 5.92 Å². The molecule has 2 aromatic heterocycles. The lowest BCUT2D eigenvalue weighted by atomic mass is 9.97. The molecular formula is C11H15N5O2. The smallest absolute Gasteiger partial charge is 0.213 e. The third kappa shape index (κ3) is 2.14. The van der Waals surface area contributed by atoms with E-state index in [-0.39, 0.29) is 6.04 Å².